The molecule has 0 aliphatic carbocycles. The molecule has 0 bridgehead atoms. The highest BCUT2D eigenvalue weighted by molar-refractivity contribution is 5.97. The van der Waals surface area contributed by atoms with Gasteiger partial charge < -0.3 is 5.73 Å². The van der Waals surface area contributed by atoms with Crippen molar-refractivity contribution in [1.29, 1.82) is 0 Å². The van der Waals surface area contributed by atoms with Gasteiger partial charge in [0.25, 0.3) is 0 Å². The second-order valence-electron chi connectivity index (χ2n) is 3.22. The van der Waals surface area contributed by atoms with E-state index in [2.05, 4.69) is 6.92 Å². The van der Waals surface area contributed by atoms with E-state index in [0.29, 0.717) is 0 Å². The maximum absolute atomic E-state index is 11.2. The zero-order chi connectivity index (χ0) is 10.0. The Morgan fingerprint density at radius 2 is 2.08 bits per heavy atom. The first-order valence-electron chi connectivity index (χ1n) is 4.46. The van der Waals surface area contributed by atoms with Crippen LogP contribution in [0.1, 0.15) is 35.3 Å². The summed E-state index contributed by atoms with van der Waals surface area (Å²) in [4.78, 5) is 11.2. The molecule has 13 heavy (non-hydrogen) atoms. The molecule has 0 atom stereocenters. The van der Waals surface area contributed by atoms with Crippen molar-refractivity contribution in [3.8, 4) is 0 Å². The van der Waals surface area contributed by atoms with E-state index in [0.717, 1.165) is 28.8 Å². The molecule has 0 saturated carbocycles. The standard InChI is InChI=1S/C11H15NO/c1-4-9-5-6-10(8(3)13)7(2)11(9)12/h5-6H,4,12H2,1-3H3. The van der Waals surface area contributed by atoms with Gasteiger partial charge in [-0.05, 0) is 31.4 Å². The molecular formula is C11H15NO. The number of nitrogen functional groups attached to an aromatic ring is 1. The fourth-order valence-electron chi connectivity index (χ4n) is 1.47. The minimum Gasteiger partial charge on any atom is -0.398 e. The second-order valence-corrected chi connectivity index (χ2v) is 3.22. The number of carbonyl (C=O) groups excluding carboxylic acids is 1. The van der Waals surface area contributed by atoms with E-state index in [1.807, 2.05) is 19.1 Å². The Bertz CT molecular complexity index is 342. The summed E-state index contributed by atoms with van der Waals surface area (Å²) in [6.45, 7) is 5.51. The summed E-state index contributed by atoms with van der Waals surface area (Å²) in [5.74, 6) is 0.0758. The first-order chi connectivity index (χ1) is 6.07. The van der Waals surface area contributed by atoms with Gasteiger partial charge in [-0.25, -0.2) is 0 Å². The number of benzene rings is 1. The Kier molecular flexibility index (Phi) is 2.71. The summed E-state index contributed by atoms with van der Waals surface area (Å²) in [7, 11) is 0. The Hall–Kier alpha value is -1.31. The Morgan fingerprint density at radius 3 is 2.54 bits per heavy atom. The number of carbonyl (C=O) groups is 1. The summed E-state index contributed by atoms with van der Waals surface area (Å²) in [5, 5.41) is 0. The molecule has 1 rings (SSSR count). The first-order valence-corrected chi connectivity index (χ1v) is 4.46. The lowest BCUT2D eigenvalue weighted by atomic mass is 9.99. The molecule has 1 aromatic carbocycles. The number of hydrogen-bond acceptors (Lipinski definition) is 2. The van der Waals surface area contributed by atoms with Gasteiger partial charge in [-0.15, -0.1) is 0 Å². The van der Waals surface area contributed by atoms with Crippen molar-refractivity contribution in [2.75, 3.05) is 5.73 Å². The van der Waals surface area contributed by atoms with E-state index in [4.69, 9.17) is 5.73 Å². The number of nitrogens with two attached hydrogens (primary N) is 1. The van der Waals surface area contributed by atoms with Gasteiger partial charge in [0.05, 0.1) is 0 Å². The summed E-state index contributed by atoms with van der Waals surface area (Å²) < 4.78 is 0. The van der Waals surface area contributed by atoms with Gasteiger partial charge in [-0.3, -0.25) is 4.79 Å². The Morgan fingerprint density at radius 1 is 1.46 bits per heavy atom. The van der Waals surface area contributed by atoms with Gasteiger partial charge >= 0.3 is 0 Å². The minimum atomic E-state index is 0.0758. The number of rotatable bonds is 2. The van der Waals surface area contributed by atoms with Gasteiger partial charge in [0.2, 0.25) is 0 Å². The quantitative estimate of drug-likeness (QED) is 0.556. The van der Waals surface area contributed by atoms with E-state index in [1.165, 1.54) is 0 Å². The van der Waals surface area contributed by atoms with Crippen LogP contribution in [0.4, 0.5) is 5.69 Å². The van der Waals surface area contributed by atoms with Crippen molar-refractivity contribution < 1.29 is 4.79 Å². The summed E-state index contributed by atoms with van der Waals surface area (Å²) in [6.07, 6.45) is 0.908. The lowest BCUT2D eigenvalue weighted by molar-refractivity contribution is 0.101. The average molecular weight is 177 g/mol. The maximum Gasteiger partial charge on any atom is 0.160 e. The molecule has 0 aliphatic rings. The fourth-order valence-corrected chi connectivity index (χ4v) is 1.47. The molecule has 0 fully saturated rings. The number of hydrogen-bond donors (Lipinski definition) is 1. The molecule has 0 amide bonds. The monoisotopic (exact) mass is 177 g/mol. The van der Waals surface area contributed by atoms with Crippen LogP contribution in [0.25, 0.3) is 0 Å². The third-order valence-electron chi connectivity index (χ3n) is 2.37. The Balaban J connectivity index is 3.31. The lowest BCUT2D eigenvalue weighted by Crippen LogP contribution is -2.03. The molecular weight excluding hydrogens is 162 g/mol. The largest absolute Gasteiger partial charge is 0.398 e. The van der Waals surface area contributed by atoms with Crippen LogP contribution in [0, 0.1) is 6.92 Å². The van der Waals surface area contributed by atoms with Gasteiger partial charge in [0.1, 0.15) is 0 Å². The molecule has 0 saturated heterocycles. The average Bonchev–Trinajstić information content (AvgIpc) is 2.09. The Labute approximate surface area is 78.8 Å². The van der Waals surface area contributed by atoms with Crippen LogP contribution in [0.15, 0.2) is 12.1 Å². The fraction of sp³-hybridized carbons (Fsp3) is 0.364. The van der Waals surface area contributed by atoms with Crippen LogP contribution in [0.5, 0.6) is 0 Å². The number of Topliss-reactive ketones (excluding diaryl/α,β-unsaturated/α-hetero) is 1. The molecule has 0 aromatic heterocycles. The van der Waals surface area contributed by atoms with Crippen LogP contribution in [0.3, 0.4) is 0 Å². The molecule has 0 aliphatic heterocycles. The third kappa shape index (κ3) is 1.72. The van der Waals surface area contributed by atoms with Gasteiger partial charge in [0, 0.05) is 11.3 Å². The summed E-state index contributed by atoms with van der Waals surface area (Å²) in [5.41, 5.74) is 9.39. The predicted octanol–water partition coefficient (Wildman–Crippen LogP) is 2.34. The number of anilines is 1. The zero-order valence-corrected chi connectivity index (χ0v) is 8.35. The topological polar surface area (TPSA) is 43.1 Å². The molecule has 0 unspecified atom stereocenters. The molecule has 0 spiro atoms. The molecule has 0 heterocycles. The van der Waals surface area contributed by atoms with Crippen LogP contribution >= 0.6 is 0 Å². The lowest BCUT2D eigenvalue weighted by Gasteiger charge is -2.09. The SMILES string of the molecule is CCc1ccc(C(C)=O)c(C)c1N. The predicted molar refractivity (Wildman–Crippen MR) is 55.0 cm³/mol. The van der Waals surface area contributed by atoms with E-state index in [9.17, 15) is 4.79 Å². The highest BCUT2D eigenvalue weighted by Crippen LogP contribution is 2.21. The van der Waals surface area contributed by atoms with Gasteiger partial charge in [-0.1, -0.05) is 19.1 Å². The molecule has 2 N–H and O–H groups in total. The van der Waals surface area contributed by atoms with Crippen LogP contribution < -0.4 is 5.73 Å². The highest BCUT2D eigenvalue weighted by Gasteiger charge is 2.08. The smallest absolute Gasteiger partial charge is 0.160 e. The number of ketones is 1. The van der Waals surface area contributed by atoms with Gasteiger partial charge in [0.15, 0.2) is 5.78 Å². The van der Waals surface area contributed by atoms with Crippen molar-refractivity contribution in [3.63, 3.8) is 0 Å². The summed E-state index contributed by atoms with van der Waals surface area (Å²) in [6, 6.07) is 3.78. The van der Waals surface area contributed by atoms with E-state index in [-0.39, 0.29) is 5.78 Å². The van der Waals surface area contributed by atoms with Crippen molar-refractivity contribution in [1.82, 2.24) is 0 Å². The van der Waals surface area contributed by atoms with Crippen molar-refractivity contribution in [3.05, 3.63) is 28.8 Å². The third-order valence-corrected chi connectivity index (χ3v) is 2.37. The second kappa shape index (κ2) is 3.60. The van der Waals surface area contributed by atoms with Gasteiger partial charge in [-0.2, -0.15) is 0 Å². The maximum atomic E-state index is 11.2. The first kappa shape index (κ1) is 9.78. The van der Waals surface area contributed by atoms with Crippen LogP contribution in [0.2, 0.25) is 0 Å². The molecule has 1 aromatic rings. The van der Waals surface area contributed by atoms with Crippen LogP contribution in [-0.2, 0) is 6.42 Å². The molecule has 2 heteroatoms. The van der Waals surface area contributed by atoms with E-state index < -0.39 is 0 Å². The van der Waals surface area contributed by atoms with Crippen molar-refractivity contribution in [2.45, 2.75) is 27.2 Å². The molecule has 2 nitrogen and oxygen atoms in total. The molecule has 70 valence electrons. The van der Waals surface area contributed by atoms with E-state index >= 15 is 0 Å². The zero-order valence-electron chi connectivity index (χ0n) is 8.35. The number of aryl methyl sites for hydroxylation is 1. The normalized spacial score (nSPS) is 10.1. The minimum absolute atomic E-state index is 0.0758. The molecule has 0 radical (unpaired) electrons. The van der Waals surface area contributed by atoms with Crippen molar-refractivity contribution in [2.24, 2.45) is 0 Å². The van der Waals surface area contributed by atoms with E-state index in [1.54, 1.807) is 6.92 Å². The summed E-state index contributed by atoms with van der Waals surface area (Å²) >= 11 is 0. The van der Waals surface area contributed by atoms with Crippen molar-refractivity contribution >= 4 is 11.5 Å². The van der Waals surface area contributed by atoms with Crippen LogP contribution in [-0.4, -0.2) is 5.78 Å². The highest BCUT2D eigenvalue weighted by atomic mass is 16.1.